The topological polar surface area (TPSA) is 21.3 Å². The molecule has 0 amide bonds. The van der Waals surface area contributed by atoms with Gasteiger partial charge in [-0.25, -0.2) is 8.78 Å². The van der Waals surface area contributed by atoms with Crippen molar-refractivity contribution >= 4 is 0 Å². The van der Waals surface area contributed by atoms with E-state index in [1.807, 2.05) is 31.2 Å². The molecule has 0 radical (unpaired) electrons. The summed E-state index contributed by atoms with van der Waals surface area (Å²) in [6.45, 7) is 2.36. The number of benzene rings is 2. The molecule has 2 nitrogen and oxygen atoms in total. The summed E-state index contributed by atoms with van der Waals surface area (Å²) in [7, 11) is 1.62. The van der Waals surface area contributed by atoms with Crippen LogP contribution in [0.2, 0.25) is 0 Å². The molecule has 0 saturated carbocycles. The molecule has 106 valence electrons. The van der Waals surface area contributed by atoms with Crippen molar-refractivity contribution in [2.45, 2.75) is 19.5 Å². The smallest absolute Gasteiger partial charge is 0.126 e. The summed E-state index contributed by atoms with van der Waals surface area (Å²) in [6.07, 6.45) is 0. The maximum Gasteiger partial charge on any atom is 0.126 e. The van der Waals surface area contributed by atoms with Crippen molar-refractivity contribution in [3.8, 4) is 5.75 Å². The van der Waals surface area contributed by atoms with E-state index in [1.165, 1.54) is 12.1 Å². The minimum absolute atomic E-state index is 0.0116. The molecule has 1 atom stereocenters. The summed E-state index contributed by atoms with van der Waals surface area (Å²) in [5.41, 5.74) is 1.58. The molecule has 2 aromatic carbocycles. The quantitative estimate of drug-likeness (QED) is 0.897. The maximum atomic E-state index is 13.1. The third-order valence-electron chi connectivity index (χ3n) is 3.14. The zero-order valence-corrected chi connectivity index (χ0v) is 11.5. The van der Waals surface area contributed by atoms with Crippen LogP contribution in [-0.4, -0.2) is 7.11 Å². The van der Waals surface area contributed by atoms with Gasteiger partial charge < -0.3 is 10.1 Å². The Bertz CT molecular complexity index is 566. The molecule has 0 aliphatic carbocycles. The number of methoxy groups -OCH3 is 1. The van der Waals surface area contributed by atoms with Crippen molar-refractivity contribution in [2.75, 3.05) is 7.11 Å². The summed E-state index contributed by atoms with van der Waals surface area (Å²) in [6, 6.07) is 11.2. The van der Waals surface area contributed by atoms with Crippen molar-refractivity contribution < 1.29 is 13.5 Å². The van der Waals surface area contributed by atoms with Crippen LogP contribution in [0.15, 0.2) is 42.5 Å². The fraction of sp³-hybridized carbons (Fsp3) is 0.250. The number of hydrogen-bond acceptors (Lipinski definition) is 2. The maximum absolute atomic E-state index is 13.1. The number of hydrogen-bond donors (Lipinski definition) is 1. The second kappa shape index (κ2) is 6.48. The van der Waals surface area contributed by atoms with Gasteiger partial charge in [0.2, 0.25) is 0 Å². The van der Waals surface area contributed by atoms with Crippen molar-refractivity contribution in [1.82, 2.24) is 5.32 Å². The highest BCUT2D eigenvalue weighted by molar-refractivity contribution is 5.35. The molecular formula is C16H17F2NO. The Kier molecular flexibility index (Phi) is 4.69. The zero-order valence-electron chi connectivity index (χ0n) is 11.5. The summed E-state index contributed by atoms with van der Waals surface area (Å²) < 4.78 is 31.5. The number of halogens is 2. The molecule has 0 aromatic heterocycles. The predicted octanol–water partition coefficient (Wildman–Crippen LogP) is 3.82. The Hall–Kier alpha value is -1.94. The van der Waals surface area contributed by atoms with Crippen molar-refractivity contribution in [2.24, 2.45) is 0 Å². The van der Waals surface area contributed by atoms with Crippen LogP contribution in [0.25, 0.3) is 0 Å². The van der Waals surface area contributed by atoms with E-state index < -0.39 is 11.6 Å². The molecule has 20 heavy (non-hydrogen) atoms. The summed E-state index contributed by atoms with van der Waals surface area (Å²) in [4.78, 5) is 0. The summed E-state index contributed by atoms with van der Waals surface area (Å²) in [5.74, 6) is -0.337. The van der Waals surface area contributed by atoms with E-state index in [4.69, 9.17) is 4.74 Å². The van der Waals surface area contributed by atoms with Crippen LogP contribution >= 0.6 is 0 Å². The summed E-state index contributed by atoms with van der Waals surface area (Å²) in [5, 5.41) is 3.23. The van der Waals surface area contributed by atoms with Gasteiger partial charge in [0.05, 0.1) is 7.11 Å². The van der Waals surface area contributed by atoms with Crippen LogP contribution in [0.3, 0.4) is 0 Å². The lowest BCUT2D eigenvalue weighted by molar-refractivity contribution is 0.401. The van der Waals surface area contributed by atoms with Crippen molar-refractivity contribution in [3.63, 3.8) is 0 Å². The van der Waals surface area contributed by atoms with Gasteiger partial charge in [0, 0.05) is 24.2 Å². The van der Waals surface area contributed by atoms with Crippen LogP contribution in [-0.2, 0) is 6.54 Å². The first-order chi connectivity index (χ1) is 9.60. The number of nitrogens with one attached hydrogen (secondary N) is 1. The molecule has 0 saturated heterocycles. The molecular weight excluding hydrogens is 260 g/mol. The minimum atomic E-state index is -0.563. The lowest BCUT2D eigenvalue weighted by Crippen LogP contribution is -2.18. The first-order valence-electron chi connectivity index (χ1n) is 6.41. The molecule has 1 unspecified atom stereocenters. The van der Waals surface area contributed by atoms with E-state index in [0.717, 1.165) is 17.4 Å². The van der Waals surface area contributed by atoms with Gasteiger partial charge in [-0.05, 0) is 30.7 Å². The Morgan fingerprint density at radius 1 is 1.10 bits per heavy atom. The molecule has 0 aliphatic rings. The van der Waals surface area contributed by atoms with E-state index in [2.05, 4.69) is 5.32 Å². The van der Waals surface area contributed by atoms with Gasteiger partial charge in [-0.2, -0.15) is 0 Å². The largest absolute Gasteiger partial charge is 0.496 e. The summed E-state index contributed by atoms with van der Waals surface area (Å²) >= 11 is 0. The van der Waals surface area contributed by atoms with Gasteiger partial charge in [0.1, 0.15) is 17.4 Å². The Labute approximate surface area is 117 Å². The average Bonchev–Trinajstić information content (AvgIpc) is 2.43. The van der Waals surface area contributed by atoms with Gasteiger partial charge >= 0.3 is 0 Å². The fourth-order valence-corrected chi connectivity index (χ4v) is 2.12. The molecule has 1 N–H and O–H groups in total. The SMILES string of the molecule is COc1ccccc1C(C)NCc1cc(F)cc(F)c1. The van der Waals surface area contributed by atoms with E-state index in [9.17, 15) is 8.78 Å². The third kappa shape index (κ3) is 3.54. The molecule has 0 bridgehead atoms. The van der Waals surface area contributed by atoms with Crippen molar-refractivity contribution in [1.29, 1.82) is 0 Å². The molecule has 2 rings (SSSR count). The molecule has 2 aromatic rings. The van der Waals surface area contributed by atoms with E-state index in [0.29, 0.717) is 12.1 Å². The second-order valence-electron chi connectivity index (χ2n) is 4.62. The molecule has 0 aliphatic heterocycles. The lowest BCUT2D eigenvalue weighted by atomic mass is 10.1. The van der Waals surface area contributed by atoms with Gasteiger partial charge in [-0.3, -0.25) is 0 Å². The zero-order chi connectivity index (χ0) is 14.5. The fourth-order valence-electron chi connectivity index (χ4n) is 2.12. The van der Waals surface area contributed by atoms with Gasteiger partial charge in [-0.15, -0.1) is 0 Å². The minimum Gasteiger partial charge on any atom is -0.496 e. The van der Waals surface area contributed by atoms with Crippen molar-refractivity contribution in [3.05, 3.63) is 65.2 Å². The van der Waals surface area contributed by atoms with E-state index >= 15 is 0 Å². The first-order valence-corrected chi connectivity index (χ1v) is 6.41. The highest BCUT2D eigenvalue weighted by Gasteiger charge is 2.10. The van der Waals surface area contributed by atoms with Crippen LogP contribution in [0.5, 0.6) is 5.75 Å². The van der Waals surface area contributed by atoms with Gasteiger partial charge in [-0.1, -0.05) is 18.2 Å². The molecule has 0 fully saturated rings. The predicted molar refractivity (Wildman–Crippen MR) is 74.6 cm³/mol. The van der Waals surface area contributed by atoms with Gasteiger partial charge in [0.15, 0.2) is 0 Å². The Morgan fingerprint density at radius 2 is 1.75 bits per heavy atom. The highest BCUT2D eigenvalue weighted by atomic mass is 19.1. The molecule has 0 heterocycles. The molecule has 0 spiro atoms. The molecule has 4 heteroatoms. The Balaban J connectivity index is 2.06. The number of ether oxygens (including phenoxy) is 1. The second-order valence-corrected chi connectivity index (χ2v) is 4.62. The first kappa shape index (κ1) is 14.5. The van der Waals surface area contributed by atoms with E-state index in [1.54, 1.807) is 7.11 Å². The third-order valence-corrected chi connectivity index (χ3v) is 3.14. The standard InChI is InChI=1S/C16H17F2NO/c1-11(15-5-3-4-6-16(15)20-2)19-10-12-7-13(17)9-14(18)8-12/h3-9,11,19H,10H2,1-2H3. The van der Waals surface area contributed by atoms with Crippen LogP contribution in [0, 0.1) is 11.6 Å². The van der Waals surface area contributed by atoms with Crippen LogP contribution in [0.4, 0.5) is 8.78 Å². The Morgan fingerprint density at radius 3 is 2.40 bits per heavy atom. The number of rotatable bonds is 5. The van der Waals surface area contributed by atoms with Crippen LogP contribution < -0.4 is 10.1 Å². The van der Waals surface area contributed by atoms with Crippen LogP contribution in [0.1, 0.15) is 24.1 Å². The van der Waals surface area contributed by atoms with E-state index in [-0.39, 0.29) is 6.04 Å². The number of para-hydroxylation sites is 1. The highest BCUT2D eigenvalue weighted by Crippen LogP contribution is 2.24. The normalized spacial score (nSPS) is 12.2. The average molecular weight is 277 g/mol. The van der Waals surface area contributed by atoms with Gasteiger partial charge in [0.25, 0.3) is 0 Å². The lowest BCUT2D eigenvalue weighted by Gasteiger charge is -2.17. The monoisotopic (exact) mass is 277 g/mol.